The van der Waals surface area contributed by atoms with Crippen LogP contribution in [-0.2, 0) is 11.2 Å². The Morgan fingerprint density at radius 1 is 1.47 bits per heavy atom. The quantitative estimate of drug-likeness (QED) is 0.782. The summed E-state index contributed by atoms with van der Waals surface area (Å²) in [5, 5.41) is 3.31. The van der Waals surface area contributed by atoms with Crippen LogP contribution in [0.5, 0.6) is 0 Å². The Kier molecular flexibility index (Phi) is 6.70. The van der Waals surface area contributed by atoms with Gasteiger partial charge >= 0.3 is 0 Å². The van der Waals surface area contributed by atoms with E-state index < -0.39 is 0 Å². The van der Waals surface area contributed by atoms with Gasteiger partial charge in [-0.25, -0.2) is 4.39 Å². The number of halogens is 2. The molecule has 0 heterocycles. The molecule has 0 saturated heterocycles. The molecule has 1 atom stereocenters. The van der Waals surface area contributed by atoms with Crippen LogP contribution in [-0.4, -0.2) is 26.8 Å². The average Bonchev–Trinajstić information content (AvgIpc) is 2.29. The topological polar surface area (TPSA) is 21.3 Å². The molecule has 0 aliphatic heterocycles. The highest BCUT2D eigenvalue weighted by molar-refractivity contribution is 9.10. The molecule has 1 rings (SSSR count). The molecule has 4 heteroatoms. The second kappa shape index (κ2) is 7.80. The first-order chi connectivity index (χ1) is 8.13. The highest BCUT2D eigenvalue weighted by Gasteiger charge is 2.07. The number of hydrogen-bond acceptors (Lipinski definition) is 2. The van der Waals surface area contributed by atoms with Crippen molar-refractivity contribution in [3.05, 3.63) is 34.1 Å². The smallest absolute Gasteiger partial charge is 0.123 e. The molecule has 0 spiro atoms. The molecule has 0 aliphatic rings. The maximum absolute atomic E-state index is 13.1. The fourth-order valence-corrected chi connectivity index (χ4v) is 2.08. The minimum atomic E-state index is -0.178. The molecule has 0 radical (unpaired) electrons. The van der Waals surface area contributed by atoms with Gasteiger partial charge in [0.05, 0.1) is 6.61 Å². The highest BCUT2D eigenvalue weighted by Crippen LogP contribution is 2.20. The fraction of sp³-hybridized carbons (Fsp3) is 0.538. The lowest BCUT2D eigenvalue weighted by Gasteiger charge is -2.13. The predicted octanol–water partition coefficient (Wildman–Crippen LogP) is 3.00. The lowest BCUT2D eigenvalue weighted by atomic mass is 10.0. The molecule has 1 aromatic carbocycles. The average molecular weight is 304 g/mol. The van der Waals surface area contributed by atoms with Gasteiger partial charge < -0.3 is 10.1 Å². The first-order valence-corrected chi connectivity index (χ1v) is 6.56. The SMILES string of the molecule is COCCNCC(C)Cc1cc(F)ccc1Br. The summed E-state index contributed by atoms with van der Waals surface area (Å²) in [6.45, 7) is 4.63. The van der Waals surface area contributed by atoms with E-state index in [1.165, 1.54) is 6.07 Å². The Hall–Kier alpha value is -0.450. The zero-order valence-electron chi connectivity index (χ0n) is 10.3. The third-order valence-electron chi connectivity index (χ3n) is 2.55. The van der Waals surface area contributed by atoms with Crippen LogP contribution in [0.4, 0.5) is 4.39 Å². The van der Waals surface area contributed by atoms with Crippen molar-refractivity contribution in [1.82, 2.24) is 5.32 Å². The molecule has 0 saturated carbocycles. The second-order valence-corrected chi connectivity index (χ2v) is 5.10. The fourth-order valence-electron chi connectivity index (χ4n) is 1.67. The van der Waals surface area contributed by atoms with Gasteiger partial charge in [0.15, 0.2) is 0 Å². The van der Waals surface area contributed by atoms with Gasteiger partial charge in [-0.05, 0) is 42.6 Å². The summed E-state index contributed by atoms with van der Waals surface area (Å²) in [6.07, 6.45) is 0.859. The molecule has 2 nitrogen and oxygen atoms in total. The molecule has 96 valence electrons. The third kappa shape index (κ3) is 5.61. The van der Waals surface area contributed by atoms with Gasteiger partial charge in [0, 0.05) is 18.1 Å². The lowest BCUT2D eigenvalue weighted by Crippen LogP contribution is -2.25. The van der Waals surface area contributed by atoms with E-state index in [1.807, 2.05) is 0 Å². The van der Waals surface area contributed by atoms with E-state index in [2.05, 4.69) is 28.2 Å². The Morgan fingerprint density at radius 2 is 2.24 bits per heavy atom. The van der Waals surface area contributed by atoms with Crippen molar-refractivity contribution < 1.29 is 9.13 Å². The van der Waals surface area contributed by atoms with E-state index in [1.54, 1.807) is 19.2 Å². The summed E-state index contributed by atoms with van der Waals surface area (Å²) in [6, 6.07) is 4.82. The molecular weight excluding hydrogens is 285 g/mol. The highest BCUT2D eigenvalue weighted by atomic mass is 79.9. The summed E-state index contributed by atoms with van der Waals surface area (Å²) < 4.78 is 19.0. The maximum Gasteiger partial charge on any atom is 0.123 e. The van der Waals surface area contributed by atoms with E-state index in [0.717, 1.165) is 36.2 Å². The first-order valence-electron chi connectivity index (χ1n) is 5.77. The van der Waals surface area contributed by atoms with Crippen LogP contribution in [0.3, 0.4) is 0 Å². The standard InChI is InChI=1S/C13H19BrFNO/c1-10(9-16-5-6-17-2)7-11-8-12(15)3-4-13(11)14/h3-4,8,10,16H,5-7,9H2,1-2H3. The van der Waals surface area contributed by atoms with E-state index in [9.17, 15) is 4.39 Å². The summed E-state index contributed by atoms with van der Waals surface area (Å²) in [4.78, 5) is 0. The number of ether oxygens (including phenoxy) is 1. The van der Waals surface area contributed by atoms with Crippen LogP contribution in [0.15, 0.2) is 22.7 Å². The molecule has 17 heavy (non-hydrogen) atoms. The number of nitrogens with one attached hydrogen (secondary N) is 1. The van der Waals surface area contributed by atoms with Crippen molar-refractivity contribution in [3.63, 3.8) is 0 Å². The van der Waals surface area contributed by atoms with Gasteiger partial charge in [-0.15, -0.1) is 0 Å². The van der Waals surface area contributed by atoms with Gasteiger partial charge in [-0.2, -0.15) is 0 Å². The van der Waals surface area contributed by atoms with Gasteiger partial charge in [-0.1, -0.05) is 22.9 Å². The molecule has 1 unspecified atom stereocenters. The lowest BCUT2D eigenvalue weighted by molar-refractivity contribution is 0.198. The van der Waals surface area contributed by atoms with E-state index >= 15 is 0 Å². The number of methoxy groups -OCH3 is 1. The summed E-state index contributed by atoms with van der Waals surface area (Å²) >= 11 is 3.44. The van der Waals surface area contributed by atoms with Crippen LogP contribution < -0.4 is 5.32 Å². The first kappa shape index (κ1) is 14.6. The van der Waals surface area contributed by atoms with Gasteiger partial charge in [0.25, 0.3) is 0 Å². The zero-order valence-corrected chi connectivity index (χ0v) is 11.9. The Labute approximate surface area is 111 Å². The largest absolute Gasteiger partial charge is 0.383 e. The molecule has 0 bridgehead atoms. The number of rotatable bonds is 7. The minimum absolute atomic E-state index is 0.178. The van der Waals surface area contributed by atoms with E-state index in [4.69, 9.17) is 4.74 Å². The van der Waals surface area contributed by atoms with Crippen LogP contribution in [0.25, 0.3) is 0 Å². The van der Waals surface area contributed by atoms with Crippen LogP contribution in [0.1, 0.15) is 12.5 Å². The molecule has 0 aromatic heterocycles. The Balaban J connectivity index is 2.39. The van der Waals surface area contributed by atoms with Gasteiger partial charge in [0.2, 0.25) is 0 Å². The summed E-state index contributed by atoms with van der Waals surface area (Å²) in [5.41, 5.74) is 1.02. The van der Waals surface area contributed by atoms with Crippen LogP contribution in [0.2, 0.25) is 0 Å². The monoisotopic (exact) mass is 303 g/mol. The second-order valence-electron chi connectivity index (χ2n) is 4.24. The molecule has 0 fully saturated rings. The molecule has 1 aromatic rings. The van der Waals surface area contributed by atoms with Crippen molar-refractivity contribution >= 4 is 15.9 Å². The van der Waals surface area contributed by atoms with Crippen molar-refractivity contribution in [1.29, 1.82) is 0 Å². The number of hydrogen-bond donors (Lipinski definition) is 1. The van der Waals surface area contributed by atoms with Crippen molar-refractivity contribution in [2.75, 3.05) is 26.8 Å². The minimum Gasteiger partial charge on any atom is -0.383 e. The van der Waals surface area contributed by atoms with Gasteiger partial charge in [0.1, 0.15) is 5.82 Å². The summed E-state index contributed by atoms with van der Waals surface area (Å²) in [5.74, 6) is 0.285. The van der Waals surface area contributed by atoms with Crippen LogP contribution >= 0.6 is 15.9 Å². The predicted molar refractivity (Wildman–Crippen MR) is 71.7 cm³/mol. The summed E-state index contributed by atoms with van der Waals surface area (Å²) in [7, 11) is 1.69. The Bertz CT molecular complexity index is 346. The molecule has 0 amide bonds. The van der Waals surface area contributed by atoms with Crippen LogP contribution in [0, 0.1) is 11.7 Å². The molecule has 0 aliphatic carbocycles. The third-order valence-corrected chi connectivity index (χ3v) is 3.33. The molecular formula is C13H19BrFNO. The van der Waals surface area contributed by atoms with Crippen molar-refractivity contribution in [3.8, 4) is 0 Å². The normalized spacial score (nSPS) is 12.7. The zero-order chi connectivity index (χ0) is 12.7. The molecule has 1 N–H and O–H groups in total. The van der Waals surface area contributed by atoms with E-state index in [0.29, 0.717) is 5.92 Å². The van der Waals surface area contributed by atoms with E-state index in [-0.39, 0.29) is 5.82 Å². The van der Waals surface area contributed by atoms with Crippen molar-refractivity contribution in [2.24, 2.45) is 5.92 Å². The van der Waals surface area contributed by atoms with Crippen molar-refractivity contribution in [2.45, 2.75) is 13.3 Å². The maximum atomic E-state index is 13.1. The number of benzene rings is 1. The van der Waals surface area contributed by atoms with Gasteiger partial charge in [-0.3, -0.25) is 0 Å². The Morgan fingerprint density at radius 3 is 2.94 bits per heavy atom.